The van der Waals surface area contributed by atoms with Crippen LogP contribution in [-0.2, 0) is 9.47 Å². The lowest BCUT2D eigenvalue weighted by Gasteiger charge is -2.16. The molecule has 0 aromatic heterocycles. The van der Waals surface area contributed by atoms with Crippen LogP contribution in [0.5, 0.6) is 11.5 Å². The molecule has 0 saturated carbocycles. The number of esters is 2. The summed E-state index contributed by atoms with van der Waals surface area (Å²) in [5.41, 5.74) is 2.23. The minimum Gasteiger partial charge on any atom is -0.494 e. The zero-order valence-corrected chi connectivity index (χ0v) is 18.1. The van der Waals surface area contributed by atoms with E-state index in [9.17, 15) is 9.59 Å². The van der Waals surface area contributed by atoms with Crippen LogP contribution in [0.15, 0.2) is 30.3 Å². The van der Waals surface area contributed by atoms with E-state index in [1.807, 2.05) is 0 Å². The molecule has 29 heavy (non-hydrogen) atoms. The summed E-state index contributed by atoms with van der Waals surface area (Å²) in [6.07, 6.45) is 1.80. The summed E-state index contributed by atoms with van der Waals surface area (Å²) >= 11 is 12.7. The van der Waals surface area contributed by atoms with Gasteiger partial charge >= 0.3 is 11.9 Å². The average Bonchev–Trinajstić information content (AvgIpc) is 2.72. The number of methoxy groups -OCH3 is 4. The van der Waals surface area contributed by atoms with Crippen molar-refractivity contribution in [3.05, 3.63) is 62.6 Å². The third-order valence-corrected chi connectivity index (χ3v) is 4.78. The molecule has 0 atom stereocenters. The Kier molecular flexibility index (Phi) is 7.53. The molecule has 0 aliphatic carbocycles. The van der Waals surface area contributed by atoms with Crippen molar-refractivity contribution in [1.29, 1.82) is 0 Å². The van der Waals surface area contributed by atoms with Crippen molar-refractivity contribution in [3.63, 3.8) is 0 Å². The van der Waals surface area contributed by atoms with Gasteiger partial charge < -0.3 is 18.9 Å². The van der Waals surface area contributed by atoms with E-state index in [4.69, 9.17) is 42.1 Å². The lowest BCUT2D eigenvalue weighted by atomic mass is 9.94. The smallest absolute Gasteiger partial charge is 0.341 e. The molecule has 8 heteroatoms. The highest BCUT2D eigenvalue weighted by Crippen LogP contribution is 2.38. The van der Waals surface area contributed by atoms with Gasteiger partial charge in [-0.25, -0.2) is 9.59 Å². The first-order valence-corrected chi connectivity index (χ1v) is 9.17. The molecule has 2 aromatic rings. The van der Waals surface area contributed by atoms with Gasteiger partial charge in [-0.1, -0.05) is 29.3 Å². The van der Waals surface area contributed by atoms with E-state index in [0.29, 0.717) is 16.7 Å². The SMILES string of the molecule is CC=C(c1cc(Cl)c(OC)c(C(=O)OC)c1)c1cc(Cl)c(OC)c(C(=O)OC)c1. The number of hydrogen-bond donors (Lipinski definition) is 0. The third-order valence-electron chi connectivity index (χ3n) is 4.22. The average molecular weight is 439 g/mol. The minimum atomic E-state index is -0.593. The maximum atomic E-state index is 12.2. The number of allylic oxidation sites excluding steroid dienone is 1. The second-order valence-electron chi connectivity index (χ2n) is 5.76. The Morgan fingerprint density at radius 3 is 1.41 bits per heavy atom. The lowest BCUT2D eigenvalue weighted by molar-refractivity contribution is 0.0588. The monoisotopic (exact) mass is 438 g/mol. The molecule has 0 aliphatic rings. The quantitative estimate of drug-likeness (QED) is 0.588. The molecule has 0 unspecified atom stereocenters. The van der Waals surface area contributed by atoms with E-state index in [1.165, 1.54) is 28.4 Å². The largest absolute Gasteiger partial charge is 0.494 e. The molecule has 0 aliphatic heterocycles. The zero-order chi connectivity index (χ0) is 21.7. The number of rotatable bonds is 6. The van der Waals surface area contributed by atoms with Gasteiger partial charge in [-0.05, 0) is 47.9 Å². The topological polar surface area (TPSA) is 71.1 Å². The maximum Gasteiger partial charge on any atom is 0.341 e. The van der Waals surface area contributed by atoms with Crippen LogP contribution in [0.25, 0.3) is 5.57 Å². The van der Waals surface area contributed by atoms with Gasteiger partial charge in [0, 0.05) is 0 Å². The Balaban J connectivity index is 2.72. The number of hydrogen-bond acceptors (Lipinski definition) is 6. The molecule has 0 fully saturated rings. The van der Waals surface area contributed by atoms with E-state index in [-0.39, 0.29) is 32.7 Å². The van der Waals surface area contributed by atoms with Crippen molar-refractivity contribution in [3.8, 4) is 11.5 Å². The van der Waals surface area contributed by atoms with Crippen molar-refractivity contribution in [2.24, 2.45) is 0 Å². The summed E-state index contributed by atoms with van der Waals surface area (Å²) in [6, 6.07) is 6.50. The van der Waals surface area contributed by atoms with Crippen LogP contribution >= 0.6 is 23.2 Å². The fourth-order valence-electron chi connectivity index (χ4n) is 2.94. The van der Waals surface area contributed by atoms with E-state index in [2.05, 4.69) is 0 Å². The van der Waals surface area contributed by atoms with E-state index in [1.54, 1.807) is 37.3 Å². The Hall–Kier alpha value is -2.70. The molecule has 154 valence electrons. The molecular formula is C21H20Cl2O6. The third kappa shape index (κ3) is 4.49. The second kappa shape index (κ2) is 9.67. The van der Waals surface area contributed by atoms with Crippen LogP contribution in [0.2, 0.25) is 10.0 Å². The van der Waals surface area contributed by atoms with Crippen LogP contribution in [0.3, 0.4) is 0 Å². The van der Waals surface area contributed by atoms with Crippen molar-refractivity contribution < 1.29 is 28.5 Å². The van der Waals surface area contributed by atoms with Gasteiger partial charge in [-0.3, -0.25) is 0 Å². The number of halogens is 2. The summed E-state index contributed by atoms with van der Waals surface area (Å²) < 4.78 is 20.1. The Labute approximate surface area is 178 Å². The molecule has 0 radical (unpaired) electrons. The molecular weight excluding hydrogens is 419 g/mol. The van der Waals surface area contributed by atoms with Gasteiger partial charge in [0.1, 0.15) is 11.1 Å². The molecule has 0 heterocycles. The van der Waals surface area contributed by atoms with Gasteiger partial charge in [-0.15, -0.1) is 0 Å². The summed E-state index contributed by atoms with van der Waals surface area (Å²) in [4.78, 5) is 24.4. The molecule has 0 saturated heterocycles. The fourth-order valence-corrected chi connectivity index (χ4v) is 3.53. The lowest BCUT2D eigenvalue weighted by Crippen LogP contribution is -2.07. The Morgan fingerprint density at radius 2 is 1.14 bits per heavy atom. The van der Waals surface area contributed by atoms with Gasteiger partial charge in [0.2, 0.25) is 0 Å². The molecule has 0 N–H and O–H groups in total. The molecule has 0 amide bonds. The summed E-state index contributed by atoms with van der Waals surface area (Å²) in [5.74, 6) is -0.769. The normalized spacial score (nSPS) is 10.2. The molecule has 6 nitrogen and oxygen atoms in total. The highest BCUT2D eigenvalue weighted by molar-refractivity contribution is 6.33. The van der Waals surface area contributed by atoms with Gasteiger partial charge in [-0.2, -0.15) is 0 Å². The predicted molar refractivity (Wildman–Crippen MR) is 111 cm³/mol. The molecule has 0 spiro atoms. The predicted octanol–water partition coefficient (Wildman–Crippen LogP) is 5.04. The van der Waals surface area contributed by atoms with Gasteiger partial charge in [0.15, 0.2) is 11.5 Å². The van der Waals surface area contributed by atoms with Crippen molar-refractivity contribution >= 4 is 40.7 Å². The van der Waals surface area contributed by atoms with E-state index < -0.39 is 11.9 Å². The van der Waals surface area contributed by atoms with Crippen molar-refractivity contribution in [1.82, 2.24) is 0 Å². The second-order valence-corrected chi connectivity index (χ2v) is 6.58. The summed E-state index contributed by atoms with van der Waals surface area (Å²) in [7, 11) is 5.36. The van der Waals surface area contributed by atoms with Crippen LogP contribution in [0.4, 0.5) is 0 Å². The van der Waals surface area contributed by atoms with Crippen LogP contribution in [0, 0.1) is 0 Å². The zero-order valence-electron chi connectivity index (χ0n) is 16.6. The highest BCUT2D eigenvalue weighted by Gasteiger charge is 2.22. The molecule has 0 bridgehead atoms. The fraction of sp³-hybridized carbons (Fsp3) is 0.238. The Morgan fingerprint density at radius 1 is 0.759 bits per heavy atom. The van der Waals surface area contributed by atoms with Crippen LogP contribution < -0.4 is 9.47 Å². The van der Waals surface area contributed by atoms with Crippen LogP contribution in [0.1, 0.15) is 38.8 Å². The summed E-state index contributed by atoms with van der Waals surface area (Å²) in [6.45, 7) is 1.81. The minimum absolute atomic E-state index is 0.171. The number of benzene rings is 2. The Bertz CT molecular complexity index is 906. The van der Waals surface area contributed by atoms with E-state index in [0.717, 1.165) is 0 Å². The number of carbonyl (C=O) groups is 2. The van der Waals surface area contributed by atoms with Gasteiger partial charge in [0.25, 0.3) is 0 Å². The number of ether oxygens (including phenoxy) is 4. The first-order chi connectivity index (χ1) is 13.8. The van der Waals surface area contributed by atoms with Crippen molar-refractivity contribution in [2.45, 2.75) is 6.92 Å². The van der Waals surface area contributed by atoms with E-state index >= 15 is 0 Å². The van der Waals surface area contributed by atoms with Gasteiger partial charge in [0.05, 0.1) is 38.5 Å². The van der Waals surface area contributed by atoms with Crippen LogP contribution in [-0.4, -0.2) is 40.4 Å². The first-order valence-electron chi connectivity index (χ1n) is 8.41. The summed E-state index contributed by atoms with van der Waals surface area (Å²) in [5, 5.41) is 0.468. The highest BCUT2D eigenvalue weighted by atomic mass is 35.5. The first kappa shape index (κ1) is 22.6. The maximum absolute atomic E-state index is 12.2. The molecule has 2 rings (SSSR count). The van der Waals surface area contributed by atoms with Crippen molar-refractivity contribution in [2.75, 3.05) is 28.4 Å². The molecule has 2 aromatic carbocycles. The number of carbonyl (C=O) groups excluding carboxylic acids is 2. The standard InChI is InChI=1S/C21H20Cl2O6/c1-6-13(11-7-14(20(24)28-4)18(26-2)16(22)9-11)12-8-15(21(25)29-5)19(27-3)17(23)10-12/h6-10H,1-5H3.